The molecule has 1 aliphatic rings. The van der Waals surface area contributed by atoms with Crippen LogP contribution in [0.25, 0.3) is 0 Å². The summed E-state index contributed by atoms with van der Waals surface area (Å²) in [5, 5.41) is 2.76. The van der Waals surface area contributed by atoms with Crippen LogP contribution in [-0.2, 0) is 14.8 Å². The molecular formula is C16H22ClFN2O4S. The molecule has 1 aliphatic heterocycles. The third-order valence-corrected chi connectivity index (χ3v) is 6.30. The lowest BCUT2D eigenvalue weighted by Crippen LogP contribution is -2.47. The summed E-state index contributed by atoms with van der Waals surface area (Å²) >= 11 is 5.65. The second-order valence-electron chi connectivity index (χ2n) is 5.92. The molecule has 2 rings (SSSR count). The highest BCUT2D eigenvalue weighted by Gasteiger charge is 2.27. The molecule has 0 atom stereocenters. The van der Waals surface area contributed by atoms with E-state index in [0.717, 1.165) is 0 Å². The molecule has 0 saturated carbocycles. The summed E-state index contributed by atoms with van der Waals surface area (Å²) in [5.41, 5.74) is 0. The molecule has 0 spiro atoms. The highest BCUT2D eigenvalue weighted by atomic mass is 35.5. The third kappa shape index (κ3) is 5.83. The van der Waals surface area contributed by atoms with Gasteiger partial charge in [0.1, 0.15) is 11.6 Å². The molecule has 1 aromatic rings. The summed E-state index contributed by atoms with van der Waals surface area (Å²) in [4.78, 5) is 11.9. The van der Waals surface area contributed by atoms with Crippen molar-refractivity contribution in [3.8, 4) is 5.75 Å². The van der Waals surface area contributed by atoms with Gasteiger partial charge in [0.25, 0.3) is 5.91 Å². The maximum Gasteiger partial charge on any atom is 0.258 e. The van der Waals surface area contributed by atoms with Crippen LogP contribution in [0.2, 0.25) is 5.02 Å². The van der Waals surface area contributed by atoms with Crippen LogP contribution in [0, 0.1) is 5.82 Å². The molecule has 1 heterocycles. The molecule has 6 nitrogen and oxygen atoms in total. The fourth-order valence-corrected chi connectivity index (χ4v) is 4.36. The molecule has 1 N–H and O–H groups in total. The van der Waals surface area contributed by atoms with Gasteiger partial charge < -0.3 is 10.1 Å². The van der Waals surface area contributed by atoms with Crippen LogP contribution in [-0.4, -0.2) is 50.1 Å². The minimum Gasteiger partial charge on any atom is -0.484 e. The van der Waals surface area contributed by atoms with E-state index in [1.807, 2.05) is 6.92 Å². The first-order chi connectivity index (χ1) is 11.8. The van der Waals surface area contributed by atoms with Gasteiger partial charge in [-0.3, -0.25) is 4.79 Å². The molecule has 1 amide bonds. The monoisotopic (exact) mass is 392 g/mol. The predicted octanol–water partition coefficient (Wildman–Crippen LogP) is 2.18. The number of benzene rings is 1. The molecular weight excluding hydrogens is 371 g/mol. The topological polar surface area (TPSA) is 75.7 Å². The number of nitrogens with zero attached hydrogens (tertiary/aromatic N) is 1. The zero-order chi connectivity index (χ0) is 18.4. The van der Waals surface area contributed by atoms with Crippen LogP contribution in [0.5, 0.6) is 5.75 Å². The summed E-state index contributed by atoms with van der Waals surface area (Å²) in [5.74, 6) is -0.404. The zero-order valence-corrected chi connectivity index (χ0v) is 15.6. The molecule has 25 heavy (non-hydrogen) atoms. The van der Waals surface area contributed by atoms with Crippen LogP contribution in [0.1, 0.15) is 26.2 Å². The maximum absolute atomic E-state index is 13.1. The van der Waals surface area contributed by atoms with Gasteiger partial charge in [-0.25, -0.2) is 17.1 Å². The van der Waals surface area contributed by atoms with Crippen LogP contribution in [0.15, 0.2) is 18.2 Å². The normalized spacial score (nSPS) is 16.6. The minimum atomic E-state index is -3.19. The molecule has 0 unspecified atom stereocenters. The van der Waals surface area contributed by atoms with E-state index >= 15 is 0 Å². The first-order valence-corrected chi connectivity index (χ1v) is 10.2. The van der Waals surface area contributed by atoms with Crippen molar-refractivity contribution >= 4 is 27.5 Å². The number of carbonyl (C=O) groups excluding carboxylic acids is 1. The van der Waals surface area contributed by atoms with E-state index in [1.54, 1.807) is 0 Å². The number of ether oxygens (including phenoxy) is 1. The fourth-order valence-electron chi connectivity index (χ4n) is 2.65. The predicted molar refractivity (Wildman–Crippen MR) is 93.7 cm³/mol. The fraction of sp³-hybridized carbons (Fsp3) is 0.562. The standard InChI is InChI=1S/C16H22ClFN2O4S/c1-2-9-25(22,23)20-7-5-12(6-8-20)19-16(21)11-24-13-3-4-15(18)14(17)10-13/h3-4,10,12H,2,5-9,11H2,1H3,(H,19,21). The number of nitrogens with one attached hydrogen (secondary N) is 1. The number of hydrogen-bond acceptors (Lipinski definition) is 4. The molecule has 1 aromatic carbocycles. The van der Waals surface area contributed by atoms with E-state index in [1.165, 1.54) is 22.5 Å². The second kappa shape index (κ2) is 8.82. The van der Waals surface area contributed by atoms with Crippen molar-refractivity contribution in [2.75, 3.05) is 25.4 Å². The Labute approximate surface area is 152 Å². The minimum absolute atomic E-state index is 0.0708. The van der Waals surface area contributed by atoms with Crippen molar-refractivity contribution in [3.63, 3.8) is 0 Å². The molecule has 0 aliphatic carbocycles. The highest BCUT2D eigenvalue weighted by Crippen LogP contribution is 2.21. The number of sulfonamides is 1. The Kier molecular flexibility index (Phi) is 7.04. The third-order valence-electron chi connectivity index (χ3n) is 3.94. The summed E-state index contributed by atoms with van der Waals surface area (Å²) in [7, 11) is -3.19. The first-order valence-electron chi connectivity index (χ1n) is 8.17. The summed E-state index contributed by atoms with van der Waals surface area (Å²) < 4.78 is 43.8. The second-order valence-corrected chi connectivity index (χ2v) is 8.42. The van der Waals surface area contributed by atoms with E-state index in [0.29, 0.717) is 38.1 Å². The van der Waals surface area contributed by atoms with Crippen molar-refractivity contribution < 1.29 is 22.3 Å². The van der Waals surface area contributed by atoms with Gasteiger partial charge in [0.15, 0.2) is 6.61 Å². The van der Waals surface area contributed by atoms with Crippen molar-refractivity contribution in [3.05, 3.63) is 29.0 Å². The Morgan fingerprint density at radius 2 is 2.08 bits per heavy atom. The maximum atomic E-state index is 13.1. The van der Waals surface area contributed by atoms with Gasteiger partial charge in [-0.05, 0) is 31.4 Å². The number of piperidine rings is 1. The number of amides is 1. The Bertz CT molecular complexity index is 706. The van der Waals surface area contributed by atoms with Crippen molar-refractivity contribution in [1.82, 2.24) is 9.62 Å². The summed E-state index contributed by atoms with van der Waals surface area (Å²) in [6.07, 6.45) is 1.72. The van der Waals surface area contributed by atoms with Crippen molar-refractivity contribution in [2.45, 2.75) is 32.2 Å². The molecule has 0 radical (unpaired) electrons. The quantitative estimate of drug-likeness (QED) is 0.771. The van der Waals surface area contributed by atoms with E-state index in [-0.39, 0.29) is 29.3 Å². The number of halogens is 2. The lowest BCUT2D eigenvalue weighted by Gasteiger charge is -2.31. The lowest BCUT2D eigenvalue weighted by atomic mass is 10.1. The summed E-state index contributed by atoms with van der Waals surface area (Å²) in [6.45, 7) is 2.43. The lowest BCUT2D eigenvalue weighted by molar-refractivity contribution is -0.124. The van der Waals surface area contributed by atoms with E-state index in [4.69, 9.17) is 16.3 Å². The van der Waals surface area contributed by atoms with Crippen LogP contribution < -0.4 is 10.1 Å². The largest absolute Gasteiger partial charge is 0.484 e. The van der Waals surface area contributed by atoms with Crippen molar-refractivity contribution in [2.24, 2.45) is 0 Å². The Hall–Kier alpha value is -1.38. The number of carbonyl (C=O) groups is 1. The van der Waals surface area contributed by atoms with Gasteiger partial charge in [0.05, 0.1) is 10.8 Å². The van der Waals surface area contributed by atoms with Gasteiger partial charge in [0, 0.05) is 25.2 Å². The number of rotatable bonds is 7. The van der Waals surface area contributed by atoms with Crippen LogP contribution in [0.4, 0.5) is 4.39 Å². The Balaban J connectivity index is 1.76. The first kappa shape index (κ1) is 19.9. The van der Waals surface area contributed by atoms with E-state index in [9.17, 15) is 17.6 Å². The van der Waals surface area contributed by atoms with E-state index in [2.05, 4.69) is 5.32 Å². The molecule has 0 aromatic heterocycles. The Morgan fingerprint density at radius 3 is 2.68 bits per heavy atom. The number of hydrogen-bond donors (Lipinski definition) is 1. The molecule has 9 heteroatoms. The summed E-state index contributed by atoms with van der Waals surface area (Å²) in [6, 6.07) is 3.79. The smallest absolute Gasteiger partial charge is 0.258 e. The van der Waals surface area contributed by atoms with Crippen LogP contribution >= 0.6 is 11.6 Å². The highest BCUT2D eigenvalue weighted by molar-refractivity contribution is 7.89. The zero-order valence-electron chi connectivity index (χ0n) is 14.0. The van der Waals surface area contributed by atoms with Crippen molar-refractivity contribution in [1.29, 1.82) is 0 Å². The molecule has 140 valence electrons. The average molecular weight is 393 g/mol. The van der Waals surface area contributed by atoms with Gasteiger partial charge in [-0.2, -0.15) is 0 Å². The SMILES string of the molecule is CCCS(=O)(=O)N1CCC(NC(=O)COc2ccc(F)c(Cl)c2)CC1. The Morgan fingerprint density at radius 1 is 1.40 bits per heavy atom. The molecule has 1 saturated heterocycles. The van der Waals surface area contributed by atoms with E-state index < -0.39 is 15.8 Å². The van der Waals surface area contributed by atoms with Gasteiger partial charge in [-0.1, -0.05) is 18.5 Å². The molecule has 0 bridgehead atoms. The van der Waals surface area contributed by atoms with Gasteiger partial charge >= 0.3 is 0 Å². The average Bonchev–Trinajstić information content (AvgIpc) is 2.56. The van der Waals surface area contributed by atoms with Gasteiger partial charge in [0.2, 0.25) is 10.0 Å². The van der Waals surface area contributed by atoms with Crippen LogP contribution in [0.3, 0.4) is 0 Å². The van der Waals surface area contributed by atoms with Gasteiger partial charge in [-0.15, -0.1) is 0 Å². The molecule has 1 fully saturated rings.